The number of rotatable bonds is 6. The Labute approximate surface area is 131 Å². The lowest BCUT2D eigenvalue weighted by Crippen LogP contribution is -2.50. The van der Waals surface area contributed by atoms with Crippen LogP contribution in [0.5, 0.6) is 0 Å². The van der Waals surface area contributed by atoms with Crippen LogP contribution in [-0.2, 0) is 15.6 Å². The van der Waals surface area contributed by atoms with E-state index in [0.717, 1.165) is 0 Å². The highest BCUT2D eigenvalue weighted by Gasteiger charge is 2.39. The number of benzene rings is 2. The number of sulfonamides is 1. The molecule has 0 heterocycles. The Morgan fingerprint density at radius 2 is 1.41 bits per heavy atom. The van der Waals surface area contributed by atoms with Gasteiger partial charge >= 0.3 is 0 Å². The van der Waals surface area contributed by atoms with E-state index in [0.29, 0.717) is 11.1 Å². The van der Waals surface area contributed by atoms with Crippen molar-refractivity contribution >= 4 is 10.0 Å². The summed E-state index contributed by atoms with van der Waals surface area (Å²) in [6.07, 6.45) is 0. The Morgan fingerprint density at radius 1 is 1.00 bits per heavy atom. The molecule has 2 aromatic rings. The average molecular weight is 319 g/mol. The number of nitrogens with one attached hydrogen (secondary N) is 1. The standard InChI is InChI=1S/C17H21NO3S/c1-3-22(20,21)18-14(2)17(19,15-10-6-4-7-11-15)16-12-8-5-9-13-16/h4-14,18-19H,3H2,1-2H3. The first-order valence-electron chi connectivity index (χ1n) is 7.23. The van der Waals surface area contributed by atoms with E-state index in [-0.39, 0.29) is 5.75 Å². The monoisotopic (exact) mass is 319 g/mol. The van der Waals surface area contributed by atoms with E-state index in [1.165, 1.54) is 0 Å². The molecule has 0 radical (unpaired) electrons. The van der Waals surface area contributed by atoms with Crippen LogP contribution in [-0.4, -0.2) is 25.3 Å². The largest absolute Gasteiger partial charge is 0.379 e. The van der Waals surface area contributed by atoms with E-state index < -0.39 is 21.7 Å². The van der Waals surface area contributed by atoms with Crippen LogP contribution in [0.4, 0.5) is 0 Å². The molecular weight excluding hydrogens is 298 g/mol. The zero-order chi connectivity index (χ0) is 16.2. The van der Waals surface area contributed by atoms with Gasteiger partial charge < -0.3 is 5.11 Å². The summed E-state index contributed by atoms with van der Waals surface area (Å²) in [5, 5.41) is 11.4. The van der Waals surface area contributed by atoms with Crippen molar-refractivity contribution in [1.29, 1.82) is 0 Å². The molecule has 0 fully saturated rings. The van der Waals surface area contributed by atoms with Gasteiger partial charge in [-0.3, -0.25) is 0 Å². The maximum Gasteiger partial charge on any atom is 0.211 e. The van der Waals surface area contributed by atoms with Crippen molar-refractivity contribution in [3.8, 4) is 0 Å². The first-order chi connectivity index (χ1) is 10.4. The third kappa shape index (κ3) is 3.38. The first kappa shape index (κ1) is 16.7. The smallest absolute Gasteiger partial charge is 0.211 e. The van der Waals surface area contributed by atoms with Crippen LogP contribution in [0.25, 0.3) is 0 Å². The zero-order valence-corrected chi connectivity index (χ0v) is 13.5. The molecule has 1 unspecified atom stereocenters. The molecule has 0 aliphatic rings. The van der Waals surface area contributed by atoms with Gasteiger partial charge in [0.2, 0.25) is 10.0 Å². The fourth-order valence-corrected chi connectivity index (χ4v) is 3.37. The molecule has 0 aliphatic heterocycles. The van der Waals surface area contributed by atoms with Gasteiger partial charge in [-0.15, -0.1) is 0 Å². The molecule has 2 rings (SSSR count). The van der Waals surface area contributed by atoms with Crippen molar-refractivity contribution < 1.29 is 13.5 Å². The van der Waals surface area contributed by atoms with E-state index in [1.807, 2.05) is 36.4 Å². The summed E-state index contributed by atoms with van der Waals surface area (Å²) in [6, 6.07) is 17.5. The summed E-state index contributed by atoms with van der Waals surface area (Å²) in [5.74, 6) is -0.0308. The molecule has 0 bridgehead atoms. The van der Waals surface area contributed by atoms with Crippen molar-refractivity contribution in [1.82, 2.24) is 4.72 Å². The van der Waals surface area contributed by atoms with E-state index in [1.54, 1.807) is 38.1 Å². The van der Waals surface area contributed by atoms with Crippen LogP contribution in [0.1, 0.15) is 25.0 Å². The SMILES string of the molecule is CCS(=O)(=O)NC(C)C(O)(c1ccccc1)c1ccccc1. The lowest BCUT2D eigenvalue weighted by atomic mass is 9.81. The molecule has 0 aromatic heterocycles. The highest BCUT2D eigenvalue weighted by Crippen LogP contribution is 2.33. The summed E-state index contributed by atoms with van der Waals surface area (Å²) in [5.41, 5.74) is -0.148. The zero-order valence-electron chi connectivity index (χ0n) is 12.7. The molecule has 118 valence electrons. The van der Waals surface area contributed by atoms with Gasteiger partial charge in [0.15, 0.2) is 0 Å². The average Bonchev–Trinajstić information content (AvgIpc) is 2.55. The normalized spacial score (nSPS) is 13.8. The topological polar surface area (TPSA) is 66.4 Å². The summed E-state index contributed by atoms with van der Waals surface area (Å²) >= 11 is 0. The third-order valence-corrected chi connectivity index (χ3v) is 5.26. The number of aliphatic hydroxyl groups is 1. The summed E-state index contributed by atoms with van der Waals surface area (Å²) < 4.78 is 26.4. The highest BCUT2D eigenvalue weighted by atomic mass is 32.2. The van der Waals surface area contributed by atoms with Crippen LogP contribution < -0.4 is 4.72 Å². The van der Waals surface area contributed by atoms with Gasteiger partial charge in [0.1, 0.15) is 5.60 Å². The molecule has 0 spiro atoms. The van der Waals surface area contributed by atoms with Crippen molar-refractivity contribution in [3.05, 3.63) is 71.8 Å². The minimum absolute atomic E-state index is 0.0308. The van der Waals surface area contributed by atoms with Gasteiger partial charge in [0, 0.05) is 0 Å². The predicted molar refractivity (Wildman–Crippen MR) is 87.9 cm³/mol. The van der Waals surface area contributed by atoms with E-state index in [4.69, 9.17) is 0 Å². The fourth-order valence-electron chi connectivity index (χ4n) is 2.49. The van der Waals surface area contributed by atoms with E-state index >= 15 is 0 Å². The molecule has 4 nitrogen and oxygen atoms in total. The van der Waals surface area contributed by atoms with Crippen molar-refractivity contribution in [3.63, 3.8) is 0 Å². The maximum absolute atomic E-state index is 11.9. The molecule has 2 N–H and O–H groups in total. The van der Waals surface area contributed by atoms with Crippen LogP contribution in [0, 0.1) is 0 Å². The van der Waals surface area contributed by atoms with E-state index in [2.05, 4.69) is 4.72 Å². The van der Waals surface area contributed by atoms with Crippen molar-refractivity contribution in [2.24, 2.45) is 0 Å². The second-order valence-electron chi connectivity index (χ2n) is 5.24. The van der Waals surface area contributed by atoms with Gasteiger partial charge in [-0.2, -0.15) is 0 Å². The molecule has 0 saturated carbocycles. The molecule has 0 amide bonds. The molecule has 5 heteroatoms. The Morgan fingerprint density at radius 3 is 1.77 bits per heavy atom. The van der Waals surface area contributed by atoms with Gasteiger partial charge in [0.05, 0.1) is 11.8 Å². The second kappa shape index (κ2) is 6.60. The first-order valence-corrected chi connectivity index (χ1v) is 8.89. The van der Waals surface area contributed by atoms with Gasteiger partial charge in [0.25, 0.3) is 0 Å². The fraction of sp³-hybridized carbons (Fsp3) is 0.294. The third-order valence-electron chi connectivity index (χ3n) is 3.79. The Balaban J connectivity index is 2.52. The Bertz CT molecular complexity index is 660. The number of hydrogen-bond donors (Lipinski definition) is 2. The van der Waals surface area contributed by atoms with Crippen LogP contribution in [0.2, 0.25) is 0 Å². The quantitative estimate of drug-likeness (QED) is 0.858. The second-order valence-corrected chi connectivity index (χ2v) is 7.28. The van der Waals surface area contributed by atoms with Crippen molar-refractivity contribution in [2.45, 2.75) is 25.5 Å². The van der Waals surface area contributed by atoms with Crippen LogP contribution in [0.3, 0.4) is 0 Å². The van der Waals surface area contributed by atoms with Crippen LogP contribution >= 0.6 is 0 Å². The predicted octanol–water partition coefficient (Wildman–Crippen LogP) is 2.25. The molecule has 0 aliphatic carbocycles. The lowest BCUT2D eigenvalue weighted by Gasteiger charge is -2.35. The van der Waals surface area contributed by atoms with Crippen LogP contribution in [0.15, 0.2) is 60.7 Å². The van der Waals surface area contributed by atoms with Gasteiger partial charge in [-0.05, 0) is 25.0 Å². The Kier molecular flexibility index (Phi) is 5.01. The molecule has 0 saturated heterocycles. The summed E-state index contributed by atoms with van der Waals surface area (Å²) in [6.45, 7) is 3.24. The summed E-state index contributed by atoms with van der Waals surface area (Å²) in [7, 11) is -3.43. The van der Waals surface area contributed by atoms with E-state index in [9.17, 15) is 13.5 Å². The highest BCUT2D eigenvalue weighted by molar-refractivity contribution is 7.89. The number of hydrogen-bond acceptors (Lipinski definition) is 3. The minimum atomic E-state index is -3.43. The molecule has 22 heavy (non-hydrogen) atoms. The maximum atomic E-state index is 11.9. The van der Waals surface area contributed by atoms with Gasteiger partial charge in [-0.1, -0.05) is 60.7 Å². The van der Waals surface area contributed by atoms with Gasteiger partial charge in [-0.25, -0.2) is 13.1 Å². The summed E-state index contributed by atoms with van der Waals surface area (Å²) in [4.78, 5) is 0. The Hall–Kier alpha value is -1.69. The molecule has 2 aromatic carbocycles. The lowest BCUT2D eigenvalue weighted by molar-refractivity contribution is 0.0520. The molecular formula is C17H21NO3S. The molecule has 1 atom stereocenters. The minimum Gasteiger partial charge on any atom is -0.379 e. The van der Waals surface area contributed by atoms with Crippen molar-refractivity contribution in [2.75, 3.05) is 5.75 Å².